The molecule has 2 aromatic carbocycles. The van der Waals surface area contributed by atoms with Gasteiger partial charge in [-0.3, -0.25) is 20.4 Å². The first-order valence-electron chi connectivity index (χ1n) is 9.53. The fraction of sp³-hybridized carbons (Fsp3) is 0.364. The molecule has 29 heavy (non-hydrogen) atoms. The molecule has 0 fully saturated rings. The highest BCUT2D eigenvalue weighted by Crippen LogP contribution is 2.30. The second kappa shape index (κ2) is 8.86. The van der Waals surface area contributed by atoms with Crippen molar-refractivity contribution in [1.82, 2.24) is 10.9 Å². The van der Waals surface area contributed by atoms with Crippen molar-refractivity contribution in [3.8, 4) is 17.2 Å². The molecule has 7 heteroatoms. The summed E-state index contributed by atoms with van der Waals surface area (Å²) >= 11 is 0. The first kappa shape index (κ1) is 20.5. The van der Waals surface area contributed by atoms with Crippen LogP contribution in [0.15, 0.2) is 48.5 Å². The van der Waals surface area contributed by atoms with Crippen LogP contribution in [0.1, 0.15) is 32.8 Å². The fourth-order valence-electron chi connectivity index (χ4n) is 2.74. The van der Waals surface area contributed by atoms with Crippen LogP contribution in [0.3, 0.4) is 0 Å². The summed E-state index contributed by atoms with van der Waals surface area (Å²) in [6.07, 6.45) is -0.727. The number of para-hydroxylation sites is 2. The van der Waals surface area contributed by atoms with Crippen molar-refractivity contribution in [2.24, 2.45) is 0 Å². The van der Waals surface area contributed by atoms with Gasteiger partial charge in [0.2, 0.25) is 12.0 Å². The van der Waals surface area contributed by atoms with E-state index >= 15 is 0 Å². The average Bonchev–Trinajstić information content (AvgIpc) is 2.71. The summed E-state index contributed by atoms with van der Waals surface area (Å²) < 4.78 is 16.7. The Kier molecular flexibility index (Phi) is 6.26. The summed E-state index contributed by atoms with van der Waals surface area (Å²) in [4.78, 5) is 24.1. The number of ether oxygens (including phenoxy) is 3. The highest BCUT2D eigenvalue weighted by molar-refractivity contribution is 5.85. The van der Waals surface area contributed by atoms with Crippen LogP contribution in [0.4, 0.5) is 0 Å². The highest BCUT2D eigenvalue weighted by atomic mass is 16.6. The second-order valence-corrected chi connectivity index (χ2v) is 7.77. The summed E-state index contributed by atoms with van der Waals surface area (Å²) in [6, 6.07) is 14.9. The van der Waals surface area contributed by atoms with Gasteiger partial charge < -0.3 is 14.2 Å². The van der Waals surface area contributed by atoms with Crippen LogP contribution in [0.5, 0.6) is 17.2 Å². The van der Waals surface area contributed by atoms with Crippen LogP contribution >= 0.6 is 0 Å². The van der Waals surface area contributed by atoms with E-state index in [1.807, 2.05) is 30.3 Å². The lowest BCUT2D eigenvalue weighted by Crippen LogP contribution is -2.51. The largest absolute Gasteiger partial charge is 0.493 e. The maximum atomic E-state index is 12.2. The van der Waals surface area contributed by atoms with Gasteiger partial charge >= 0.3 is 0 Å². The zero-order valence-electron chi connectivity index (χ0n) is 16.9. The number of hydrogen-bond donors (Lipinski definition) is 2. The Morgan fingerprint density at radius 3 is 2.41 bits per heavy atom. The van der Waals surface area contributed by atoms with E-state index in [0.717, 1.165) is 0 Å². The van der Waals surface area contributed by atoms with Gasteiger partial charge in [-0.2, -0.15) is 0 Å². The standard InChI is InChI=1S/C22H26N2O5/c1-22(2,3)15-8-10-16(11-9-15)27-13-12-20(25)23-24-21(26)19-14-28-17-6-4-5-7-18(17)29-19/h4-11,19H,12-14H2,1-3H3,(H,23,25)(H,24,26). The maximum Gasteiger partial charge on any atom is 0.283 e. The number of rotatable bonds is 5. The molecule has 1 unspecified atom stereocenters. The van der Waals surface area contributed by atoms with Gasteiger partial charge in [0.25, 0.3) is 5.91 Å². The van der Waals surface area contributed by atoms with Crippen molar-refractivity contribution < 1.29 is 23.8 Å². The maximum absolute atomic E-state index is 12.2. The van der Waals surface area contributed by atoms with Gasteiger partial charge in [0, 0.05) is 0 Å². The predicted molar refractivity (Wildman–Crippen MR) is 108 cm³/mol. The van der Waals surface area contributed by atoms with Crippen LogP contribution < -0.4 is 25.1 Å². The molecule has 7 nitrogen and oxygen atoms in total. The minimum Gasteiger partial charge on any atom is -0.493 e. The van der Waals surface area contributed by atoms with Gasteiger partial charge in [-0.15, -0.1) is 0 Å². The first-order chi connectivity index (χ1) is 13.8. The molecular weight excluding hydrogens is 372 g/mol. The average molecular weight is 398 g/mol. The molecule has 2 N–H and O–H groups in total. The first-order valence-corrected chi connectivity index (χ1v) is 9.53. The SMILES string of the molecule is CC(C)(C)c1ccc(OCCC(=O)NNC(=O)C2COc3ccccc3O2)cc1. The Balaban J connectivity index is 1.37. The molecule has 0 radical (unpaired) electrons. The van der Waals surface area contributed by atoms with Gasteiger partial charge in [0.15, 0.2) is 11.5 Å². The number of benzene rings is 2. The Morgan fingerprint density at radius 2 is 1.72 bits per heavy atom. The van der Waals surface area contributed by atoms with E-state index < -0.39 is 12.0 Å². The van der Waals surface area contributed by atoms with Crippen molar-refractivity contribution in [1.29, 1.82) is 0 Å². The number of hydrogen-bond acceptors (Lipinski definition) is 5. The lowest BCUT2D eigenvalue weighted by Gasteiger charge is -2.25. The minimum atomic E-state index is -0.831. The van der Waals surface area contributed by atoms with E-state index in [-0.39, 0.29) is 31.0 Å². The normalized spacial score (nSPS) is 15.3. The Labute approximate surface area is 170 Å². The zero-order chi connectivity index (χ0) is 20.9. The summed E-state index contributed by atoms with van der Waals surface area (Å²) in [5, 5.41) is 0. The molecule has 0 spiro atoms. The summed E-state index contributed by atoms with van der Waals surface area (Å²) in [7, 11) is 0. The molecule has 0 aromatic heterocycles. The van der Waals surface area contributed by atoms with Crippen molar-refractivity contribution in [2.75, 3.05) is 13.2 Å². The quantitative estimate of drug-likeness (QED) is 0.757. The number of carbonyl (C=O) groups excluding carboxylic acids is 2. The molecule has 0 bridgehead atoms. The molecule has 1 aliphatic rings. The van der Waals surface area contributed by atoms with Crippen LogP contribution in [-0.4, -0.2) is 31.1 Å². The fourth-order valence-corrected chi connectivity index (χ4v) is 2.74. The smallest absolute Gasteiger partial charge is 0.283 e. The third-order valence-electron chi connectivity index (χ3n) is 4.44. The van der Waals surface area contributed by atoms with Crippen molar-refractivity contribution in [2.45, 2.75) is 38.7 Å². The number of hydrazine groups is 1. The molecule has 2 amide bonds. The lowest BCUT2D eigenvalue weighted by atomic mass is 9.87. The summed E-state index contributed by atoms with van der Waals surface area (Å²) in [6.45, 7) is 6.71. The molecule has 2 aromatic rings. The van der Waals surface area contributed by atoms with Gasteiger partial charge in [0.1, 0.15) is 12.4 Å². The molecule has 0 saturated carbocycles. The molecule has 3 rings (SSSR count). The van der Waals surface area contributed by atoms with Crippen molar-refractivity contribution >= 4 is 11.8 Å². The molecule has 1 heterocycles. The number of carbonyl (C=O) groups is 2. The van der Waals surface area contributed by atoms with Crippen LogP contribution in [0.2, 0.25) is 0 Å². The predicted octanol–water partition coefficient (Wildman–Crippen LogP) is 2.74. The minimum absolute atomic E-state index is 0.0752. The zero-order valence-corrected chi connectivity index (χ0v) is 16.9. The summed E-state index contributed by atoms with van der Waals surface area (Å²) in [5.41, 5.74) is 6.01. The number of amides is 2. The second-order valence-electron chi connectivity index (χ2n) is 7.77. The molecule has 1 atom stereocenters. The Hall–Kier alpha value is -3.22. The van der Waals surface area contributed by atoms with Crippen molar-refractivity contribution in [3.05, 3.63) is 54.1 Å². The number of nitrogens with one attached hydrogen (secondary N) is 2. The van der Waals surface area contributed by atoms with E-state index in [1.165, 1.54) is 5.56 Å². The van der Waals surface area contributed by atoms with Gasteiger partial charge in [-0.25, -0.2) is 0 Å². The van der Waals surface area contributed by atoms with E-state index in [4.69, 9.17) is 14.2 Å². The third-order valence-corrected chi connectivity index (χ3v) is 4.44. The molecule has 0 aliphatic carbocycles. The van der Waals surface area contributed by atoms with Gasteiger partial charge in [-0.05, 0) is 35.2 Å². The van der Waals surface area contributed by atoms with Gasteiger partial charge in [-0.1, -0.05) is 45.0 Å². The van der Waals surface area contributed by atoms with Crippen LogP contribution in [0, 0.1) is 0 Å². The lowest BCUT2D eigenvalue weighted by molar-refractivity contribution is -0.135. The molecule has 0 saturated heterocycles. The Bertz CT molecular complexity index is 858. The van der Waals surface area contributed by atoms with Crippen LogP contribution in [0.25, 0.3) is 0 Å². The Morgan fingerprint density at radius 1 is 1.03 bits per heavy atom. The monoisotopic (exact) mass is 398 g/mol. The van der Waals surface area contributed by atoms with E-state index in [2.05, 4.69) is 31.6 Å². The molecule has 1 aliphatic heterocycles. The van der Waals surface area contributed by atoms with E-state index in [0.29, 0.717) is 17.2 Å². The number of fused-ring (bicyclic) bond motifs is 1. The highest BCUT2D eigenvalue weighted by Gasteiger charge is 2.27. The van der Waals surface area contributed by atoms with Gasteiger partial charge in [0.05, 0.1) is 13.0 Å². The van der Waals surface area contributed by atoms with E-state index in [1.54, 1.807) is 18.2 Å². The van der Waals surface area contributed by atoms with Crippen LogP contribution in [-0.2, 0) is 15.0 Å². The van der Waals surface area contributed by atoms with E-state index in [9.17, 15) is 9.59 Å². The third kappa shape index (κ3) is 5.63. The molecule has 154 valence electrons. The summed E-state index contributed by atoms with van der Waals surface area (Å²) in [5.74, 6) is 0.943. The molecular formula is C22H26N2O5. The topological polar surface area (TPSA) is 85.9 Å². The van der Waals surface area contributed by atoms with Crippen molar-refractivity contribution in [3.63, 3.8) is 0 Å².